The number of carbonyl (C=O) groups is 2. The zero-order chi connectivity index (χ0) is 19.7. The molecule has 142 valence electrons. The van der Waals surface area contributed by atoms with E-state index in [1.807, 2.05) is 61.5 Å². The van der Waals surface area contributed by atoms with Crippen molar-refractivity contribution in [3.63, 3.8) is 0 Å². The third kappa shape index (κ3) is 3.17. The highest BCUT2D eigenvalue weighted by molar-refractivity contribution is 6.03. The molecular formula is C22H21N3O3. The van der Waals surface area contributed by atoms with E-state index >= 15 is 0 Å². The molecule has 2 aromatic carbocycles. The summed E-state index contributed by atoms with van der Waals surface area (Å²) in [6.07, 6.45) is 1.25. The minimum absolute atomic E-state index is 0.00935. The van der Waals surface area contributed by atoms with E-state index in [4.69, 9.17) is 4.42 Å². The fourth-order valence-electron chi connectivity index (χ4n) is 3.57. The maximum Gasteiger partial charge on any atom is 0.276 e. The van der Waals surface area contributed by atoms with Crippen molar-refractivity contribution >= 4 is 17.5 Å². The van der Waals surface area contributed by atoms with Crippen LogP contribution in [0.5, 0.6) is 0 Å². The summed E-state index contributed by atoms with van der Waals surface area (Å²) < 4.78 is 5.14. The molecule has 1 saturated heterocycles. The van der Waals surface area contributed by atoms with Crippen LogP contribution in [0.25, 0.3) is 11.1 Å². The van der Waals surface area contributed by atoms with E-state index in [0.717, 1.165) is 16.8 Å². The smallest absolute Gasteiger partial charge is 0.276 e. The van der Waals surface area contributed by atoms with E-state index in [-0.39, 0.29) is 30.1 Å². The molecule has 1 unspecified atom stereocenters. The highest BCUT2D eigenvalue weighted by Crippen LogP contribution is 2.32. The molecule has 2 heterocycles. The van der Waals surface area contributed by atoms with E-state index in [0.29, 0.717) is 12.3 Å². The van der Waals surface area contributed by atoms with Crippen LogP contribution in [0.3, 0.4) is 0 Å². The van der Waals surface area contributed by atoms with Crippen molar-refractivity contribution in [1.29, 1.82) is 0 Å². The Morgan fingerprint density at radius 2 is 1.82 bits per heavy atom. The predicted molar refractivity (Wildman–Crippen MR) is 106 cm³/mol. The molecular weight excluding hydrogens is 354 g/mol. The fourth-order valence-corrected chi connectivity index (χ4v) is 3.57. The van der Waals surface area contributed by atoms with Crippen LogP contribution in [0.1, 0.15) is 23.2 Å². The summed E-state index contributed by atoms with van der Waals surface area (Å²) in [4.78, 5) is 33.1. The van der Waals surface area contributed by atoms with Crippen molar-refractivity contribution in [3.05, 3.63) is 72.4 Å². The molecule has 4 rings (SSSR count). The average Bonchev–Trinajstić information content (AvgIpc) is 3.15. The summed E-state index contributed by atoms with van der Waals surface area (Å²) in [7, 11) is 0. The van der Waals surface area contributed by atoms with E-state index < -0.39 is 0 Å². The second-order valence-corrected chi connectivity index (χ2v) is 6.93. The van der Waals surface area contributed by atoms with Crippen molar-refractivity contribution in [1.82, 2.24) is 9.88 Å². The number of hydrogen-bond acceptors (Lipinski definition) is 4. The van der Waals surface area contributed by atoms with Crippen LogP contribution in [0.2, 0.25) is 0 Å². The lowest BCUT2D eigenvalue weighted by Crippen LogP contribution is -2.57. The number of carbonyl (C=O) groups excluding carboxylic acids is 2. The van der Waals surface area contributed by atoms with Crippen molar-refractivity contribution in [2.24, 2.45) is 0 Å². The van der Waals surface area contributed by atoms with Gasteiger partial charge in [0.2, 0.25) is 5.91 Å². The molecule has 0 aliphatic carbocycles. The highest BCUT2D eigenvalue weighted by Gasteiger charge is 2.35. The molecule has 0 bridgehead atoms. The topological polar surface area (TPSA) is 66.7 Å². The molecule has 1 aromatic heterocycles. The molecule has 1 fully saturated rings. The second kappa shape index (κ2) is 7.31. The van der Waals surface area contributed by atoms with E-state index in [9.17, 15) is 9.59 Å². The highest BCUT2D eigenvalue weighted by atomic mass is 16.3. The summed E-state index contributed by atoms with van der Waals surface area (Å²) >= 11 is 0. The Bertz CT molecular complexity index is 1010. The maximum atomic E-state index is 13.0. The van der Waals surface area contributed by atoms with Crippen LogP contribution < -0.4 is 4.90 Å². The van der Waals surface area contributed by atoms with Gasteiger partial charge in [-0.05, 0) is 25.5 Å². The molecule has 6 heteroatoms. The lowest BCUT2D eigenvalue weighted by molar-refractivity contribution is -0.121. The van der Waals surface area contributed by atoms with Gasteiger partial charge in [-0.15, -0.1) is 0 Å². The van der Waals surface area contributed by atoms with Crippen molar-refractivity contribution in [2.75, 3.05) is 18.0 Å². The van der Waals surface area contributed by atoms with Gasteiger partial charge in [0.25, 0.3) is 5.91 Å². The first-order valence-electron chi connectivity index (χ1n) is 9.22. The standard InChI is InChI=1S/C22H21N3O3/c1-15-12-25(19-11-7-6-10-18(19)17-8-4-3-5-9-17)20(26)13-24(15)22(27)21-16(2)28-14-23-21/h3-11,14-15H,12-13H2,1-2H3. The van der Waals surface area contributed by atoms with Crippen LogP contribution in [0.15, 0.2) is 65.4 Å². The van der Waals surface area contributed by atoms with Gasteiger partial charge in [0.05, 0.1) is 5.69 Å². The summed E-state index contributed by atoms with van der Waals surface area (Å²) in [6, 6.07) is 17.7. The Hall–Kier alpha value is -3.41. The van der Waals surface area contributed by atoms with Gasteiger partial charge >= 0.3 is 0 Å². The normalized spacial score (nSPS) is 17.1. The fraction of sp³-hybridized carbons (Fsp3) is 0.227. The van der Waals surface area contributed by atoms with Crippen molar-refractivity contribution in [2.45, 2.75) is 19.9 Å². The van der Waals surface area contributed by atoms with Crippen LogP contribution in [-0.4, -0.2) is 40.8 Å². The van der Waals surface area contributed by atoms with Gasteiger partial charge in [-0.3, -0.25) is 9.59 Å². The first-order valence-corrected chi connectivity index (χ1v) is 9.22. The summed E-state index contributed by atoms with van der Waals surface area (Å²) in [5.74, 6) is 0.0700. The summed E-state index contributed by atoms with van der Waals surface area (Å²) in [5.41, 5.74) is 3.17. The molecule has 6 nitrogen and oxygen atoms in total. The molecule has 0 radical (unpaired) electrons. The molecule has 2 amide bonds. The third-order valence-electron chi connectivity index (χ3n) is 5.07. The number of nitrogens with zero attached hydrogens (tertiary/aromatic N) is 3. The van der Waals surface area contributed by atoms with E-state index in [2.05, 4.69) is 4.98 Å². The number of oxazole rings is 1. The van der Waals surface area contributed by atoms with Crippen LogP contribution in [0.4, 0.5) is 5.69 Å². The first kappa shape index (κ1) is 18.0. The van der Waals surface area contributed by atoms with Gasteiger partial charge in [-0.2, -0.15) is 0 Å². The zero-order valence-corrected chi connectivity index (χ0v) is 15.8. The van der Waals surface area contributed by atoms with E-state index in [1.54, 1.807) is 16.7 Å². The number of anilines is 1. The van der Waals surface area contributed by atoms with Gasteiger partial charge in [-0.25, -0.2) is 4.98 Å². The Morgan fingerprint density at radius 1 is 1.11 bits per heavy atom. The molecule has 0 N–H and O–H groups in total. The Kier molecular flexibility index (Phi) is 4.69. The quantitative estimate of drug-likeness (QED) is 0.702. The predicted octanol–water partition coefficient (Wildman–Crippen LogP) is 3.53. The van der Waals surface area contributed by atoms with Gasteiger partial charge in [0, 0.05) is 18.2 Å². The monoisotopic (exact) mass is 375 g/mol. The summed E-state index contributed by atoms with van der Waals surface area (Å²) in [6.45, 7) is 4.07. The van der Waals surface area contributed by atoms with Gasteiger partial charge in [0.15, 0.2) is 12.1 Å². The second-order valence-electron chi connectivity index (χ2n) is 6.93. The number of aromatic nitrogens is 1. The molecule has 0 spiro atoms. The number of hydrogen-bond donors (Lipinski definition) is 0. The van der Waals surface area contributed by atoms with E-state index in [1.165, 1.54) is 6.39 Å². The third-order valence-corrected chi connectivity index (χ3v) is 5.07. The van der Waals surface area contributed by atoms with Gasteiger partial charge in [-0.1, -0.05) is 48.5 Å². The number of rotatable bonds is 3. The molecule has 28 heavy (non-hydrogen) atoms. The number of para-hydroxylation sites is 1. The Labute approximate surface area is 163 Å². The zero-order valence-electron chi connectivity index (χ0n) is 15.8. The Balaban J connectivity index is 1.62. The van der Waals surface area contributed by atoms with Crippen molar-refractivity contribution < 1.29 is 14.0 Å². The summed E-state index contributed by atoms with van der Waals surface area (Å²) in [5, 5.41) is 0. The number of piperazine rings is 1. The van der Waals surface area contributed by atoms with Crippen LogP contribution >= 0.6 is 0 Å². The Morgan fingerprint density at radius 3 is 2.54 bits per heavy atom. The number of aryl methyl sites for hydroxylation is 1. The maximum absolute atomic E-state index is 13.0. The van der Waals surface area contributed by atoms with Crippen LogP contribution in [-0.2, 0) is 4.79 Å². The van der Waals surface area contributed by atoms with Crippen LogP contribution in [0, 0.1) is 6.92 Å². The molecule has 1 atom stereocenters. The minimum atomic E-state index is -0.275. The lowest BCUT2D eigenvalue weighted by atomic mass is 10.0. The molecule has 1 aliphatic heterocycles. The number of benzene rings is 2. The first-order chi connectivity index (χ1) is 13.6. The molecule has 3 aromatic rings. The minimum Gasteiger partial charge on any atom is -0.448 e. The average molecular weight is 375 g/mol. The largest absolute Gasteiger partial charge is 0.448 e. The van der Waals surface area contributed by atoms with Gasteiger partial charge in [0.1, 0.15) is 12.3 Å². The number of amides is 2. The SMILES string of the molecule is Cc1ocnc1C(=O)N1CC(=O)N(c2ccccc2-c2ccccc2)CC1C. The molecule has 0 saturated carbocycles. The lowest BCUT2D eigenvalue weighted by Gasteiger charge is -2.39. The molecule has 1 aliphatic rings. The van der Waals surface area contributed by atoms with Crippen molar-refractivity contribution in [3.8, 4) is 11.1 Å². The van der Waals surface area contributed by atoms with Gasteiger partial charge < -0.3 is 14.2 Å².